The fraction of sp³-hybridized carbons (Fsp3) is 0.0741. The molecule has 13 heteroatoms. The Kier molecular flexibility index (Phi) is 32.3. The average Bonchev–Trinajstić information content (AvgIpc) is 3.37. The number of aromatic nitrogens is 2. The first-order chi connectivity index (χ1) is 32.5. The minimum atomic E-state index is -1.10. The Morgan fingerprint density at radius 2 is 0.776 bits per heavy atom. The van der Waals surface area contributed by atoms with Crippen molar-refractivity contribution in [1.82, 2.24) is 9.97 Å². The molecule has 2 aromatic heterocycles. The summed E-state index contributed by atoms with van der Waals surface area (Å²) in [4.78, 5) is 7.68. The Bertz CT molecular complexity index is 2250. The standard InChI is InChI=1S/2C18H15P.C8H8N2.C5H5BrN2.C5H10Si.2ClH.Cu.HI.Pd/c2*1-4-10-16(11-5-1)19(17-12-6-2-7-13-17)18-14-8-3-9-15-18;1-2-3-7-4-5-8(9)10-6-7;6-4-1-2-5(7)8-3-4;1-5-6(2,3)4;;;;;/h2*1-15H;4-6H,1H3,(H2,9,10);1-3H,(H2,7,8);1H,2-4H3;2*1H;;1H;/q;;;;;;;+1;;+2/p-3. The second-order valence-electron chi connectivity index (χ2n) is 14.4. The molecular formula is C54H53BrCl2CuIN4P2PdSi. The van der Waals surface area contributed by atoms with Crippen molar-refractivity contribution < 1.29 is 28.7 Å². The van der Waals surface area contributed by atoms with Gasteiger partial charge in [0.05, 0.1) is 0 Å². The Morgan fingerprint density at radius 3 is 0.955 bits per heavy atom. The predicted molar refractivity (Wildman–Crippen MR) is 306 cm³/mol. The van der Waals surface area contributed by atoms with E-state index in [9.17, 15) is 0 Å². The number of benzene rings is 6. The Balaban J connectivity index is 0.000000298. The molecule has 67 heavy (non-hydrogen) atoms. The molecule has 0 spiro atoms. The molecule has 0 aliphatic heterocycles. The zero-order chi connectivity index (χ0) is 49.1. The first-order valence-electron chi connectivity index (χ1n) is 20.3. The summed E-state index contributed by atoms with van der Waals surface area (Å²) in [6.45, 7) is 8.23. The molecule has 4 nitrogen and oxygen atoms in total. The van der Waals surface area contributed by atoms with Crippen LogP contribution in [0.5, 0.6) is 0 Å². The molecule has 0 bridgehead atoms. The maximum atomic E-state index is 5.36. The smallest absolute Gasteiger partial charge is 0.0134 e. The number of hydrogen-bond acceptors (Lipinski definition) is 4. The van der Waals surface area contributed by atoms with E-state index < -0.39 is 23.9 Å². The third-order valence-corrected chi connectivity index (χ3v) is 14.5. The van der Waals surface area contributed by atoms with Crippen molar-refractivity contribution in [2.75, 3.05) is 11.5 Å². The Morgan fingerprint density at radius 1 is 0.522 bits per heavy atom. The van der Waals surface area contributed by atoms with Crippen LogP contribution in [0.4, 0.5) is 11.6 Å². The Hall–Kier alpha value is -3.61. The molecule has 0 atom stereocenters. The number of hydrogen-bond donors (Lipinski definition) is 2. The summed E-state index contributed by atoms with van der Waals surface area (Å²) < 4.78 is 0.951. The maximum absolute atomic E-state index is 5.36. The normalized spacial score (nSPS) is 9.66. The maximum Gasteiger partial charge on any atom is -0.0134 e. The Labute approximate surface area is 447 Å². The van der Waals surface area contributed by atoms with Gasteiger partial charge in [0.15, 0.2) is 0 Å². The van der Waals surface area contributed by atoms with Gasteiger partial charge in [-0.25, -0.2) is 9.97 Å². The van der Waals surface area contributed by atoms with Crippen LogP contribution in [-0.2, 0) is 28.7 Å². The molecule has 352 valence electrons. The predicted octanol–water partition coefficient (Wildman–Crippen LogP) is 13.1. The fourth-order valence-corrected chi connectivity index (χ4v) is 10.2. The fourth-order valence-electron chi connectivity index (χ4n) is 5.37. The number of pyridine rings is 2. The largest absolute Gasteiger partial charge is 0.0622 e. The van der Waals surface area contributed by atoms with Crippen LogP contribution in [0.25, 0.3) is 0 Å². The minimum absolute atomic E-state index is 0.106. The molecule has 2 heterocycles. The van der Waals surface area contributed by atoms with Crippen LogP contribution in [0.3, 0.4) is 0 Å². The van der Waals surface area contributed by atoms with Crippen LogP contribution in [0.2, 0.25) is 19.6 Å². The van der Waals surface area contributed by atoms with Gasteiger partial charge < -0.3 is 11.5 Å². The van der Waals surface area contributed by atoms with Gasteiger partial charge in [-0.3, -0.25) is 0 Å². The second kappa shape index (κ2) is 36.4. The average molecular weight is 1300 g/mol. The van der Waals surface area contributed by atoms with Crippen molar-refractivity contribution in [3.63, 3.8) is 0 Å². The van der Waals surface area contributed by atoms with Crippen molar-refractivity contribution in [1.29, 1.82) is 0 Å². The van der Waals surface area contributed by atoms with Gasteiger partial charge in [-0.2, -0.15) is 0 Å². The van der Waals surface area contributed by atoms with Crippen molar-refractivity contribution in [2.24, 2.45) is 0 Å². The molecule has 0 amide bonds. The molecule has 0 saturated heterocycles. The summed E-state index contributed by atoms with van der Waals surface area (Å²) >= 11 is 8.99. The molecule has 0 radical (unpaired) electrons. The van der Waals surface area contributed by atoms with Gasteiger partial charge in [-0.15, -0.1) is 17.9 Å². The summed E-state index contributed by atoms with van der Waals surface area (Å²) in [6, 6.07) is 71.8. The molecule has 8 aromatic rings. The van der Waals surface area contributed by atoms with Gasteiger partial charge in [0, 0.05) is 22.4 Å². The summed E-state index contributed by atoms with van der Waals surface area (Å²) in [6.07, 6.45) is 8.44. The topological polar surface area (TPSA) is 77.8 Å². The summed E-state index contributed by atoms with van der Waals surface area (Å²) in [5.41, 5.74) is 14.3. The first-order valence-corrected chi connectivity index (χ1v) is 34.3. The van der Waals surface area contributed by atoms with E-state index in [1.165, 1.54) is 31.8 Å². The molecule has 0 aliphatic carbocycles. The number of halogens is 4. The molecule has 6 aromatic carbocycles. The third-order valence-electron chi connectivity index (χ3n) is 8.33. The monoisotopic (exact) mass is 1290 g/mol. The van der Waals surface area contributed by atoms with Crippen LogP contribution in [0.1, 0.15) is 12.5 Å². The van der Waals surface area contributed by atoms with E-state index in [2.05, 4.69) is 258 Å². The minimum Gasteiger partial charge on any atom is -0.0622 e. The summed E-state index contributed by atoms with van der Waals surface area (Å²) in [5, 5.41) is 8.39. The van der Waals surface area contributed by atoms with Crippen molar-refractivity contribution in [2.45, 2.75) is 26.6 Å². The van der Waals surface area contributed by atoms with Crippen molar-refractivity contribution >= 4 is 123 Å². The zero-order valence-electron chi connectivity index (χ0n) is 37.4. The number of nitrogen functional groups attached to an aromatic ring is 2. The molecule has 0 unspecified atom stereocenters. The molecule has 0 aliphatic rings. The van der Waals surface area contributed by atoms with Gasteiger partial charge in [0.2, 0.25) is 0 Å². The summed E-state index contributed by atoms with van der Waals surface area (Å²) in [5.74, 6) is 6.72. The SMILES string of the molecule is C#C[Si](C)(C)C.CC#Cc1ccc(N)nc1.Nc1ccc(Br)cn1.[Cl][Pd][Cl].[Cu][I].c1ccc(P(c2ccccc2)c2ccccc2)cc1.c1ccc(P(c2ccccc2)c2ccccc2)cc1. The number of nitrogens with zero attached hydrogens (tertiary/aromatic N) is 2. The van der Waals surface area contributed by atoms with E-state index in [4.69, 9.17) is 36.9 Å². The number of terminal acetylenes is 1. The summed E-state index contributed by atoms with van der Waals surface area (Å²) in [7, 11) is 7.63. The molecule has 0 fully saturated rings. The quantitative estimate of drug-likeness (QED) is 0.0753. The second-order valence-corrected chi connectivity index (χ2v) is 26.9. The number of rotatable bonds is 6. The molecule has 0 saturated carbocycles. The van der Waals surface area contributed by atoms with Crippen molar-refractivity contribution in [3.05, 3.63) is 229 Å². The van der Waals surface area contributed by atoms with Crippen molar-refractivity contribution in [3.8, 4) is 23.8 Å². The number of anilines is 2. The molecule has 8 rings (SSSR count). The van der Waals surface area contributed by atoms with Crippen LogP contribution in [0, 0.1) is 23.8 Å². The van der Waals surface area contributed by atoms with E-state index in [0.29, 0.717) is 11.6 Å². The van der Waals surface area contributed by atoms with Crippen LogP contribution in [0.15, 0.2) is 223 Å². The van der Waals surface area contributed by atoms with Crippen LogP contribution < -0.4 is 43.3 Å². The third kappa shape index (κ3) is 25.5. The van der Waals surface area contributed by atoms with Gasteiger partial charge in [0.25, 0.3) is 0 Å². The van der Waals surface area contributed by atoms with Crippen LogP contribution >= 0.6 is 71.2 Å². The van der Waals surface area contributed by atoms with E-state index in [0.717, 1.165) is 10.0 Å². The zero-order valence-corrected chi connectivity index (χ0v) is 48.0. The molecular weight excluding hydrogens is 1240 g/mol. The van der Waals surface area contributed by atoms with E-state index in [1.807, 2.05) is 12.1 Å². The van der Waals surface area contributed by atoms with Crippen LogP contribution in [-0.4, -0.2) is 18.0 Å². The first kappa shape index (κ1) is 59.5. The van der Waals surface area contributed by atoms with E-state index >= 15 is 0 Å². The van der Waals surface area contributed by atoms with E-state index in [-0.39, 0.29) is 15.9 Å². The molecule has 4 N–H and O–H groups in total. The van der Waals surface area contributed by atoms with Gasteiger partial charge >= 0.3 is 68.1 Å². The van der Waals surface area contributed by atoms with Gasteiger partial charge in [-0.05, 0) is 94.8 Å². The number of nitrogens with two attached hydrogens (primary N) is 2. The van der Waals surface area contributed by atoms with E-state index in [1.54, 1.807) is 51.8 Å². The van der Waals surface area contributed by atoms with Gasteiger partial charge in [-0.1, -0.05) is 208 Å². The van der Waals surface area contributed by atoms with Gasteiger partial charge in [0.1, 0.15) is 19.7 Å².